The number of amidine groups is 1. The fourth-order valence-corrected chi connectivity index (χ4v) is 1.64. The third-order valence-corrected chi connectivity index (χ3v) is 3.27. The van der Waals surface area contributed by atoms with Crippen LogP contribution >= 0.6 is 0 Å². The molecule has 4 N–H and O–H groups in total. The Morgan fingerprint density at radius 1 is 1.68 bits per heavy atom. The molecule has 0 radical (unpaired) electrons. The van der Waals surface area contributed by atoms with Gasteiger partial charge in [0.1, 0.15) is 5.41 Å². The molecule has 106 valence electrons. The Balaban J connectivity index is 2.54. The molecular weight excluding hydrogens is 246 g/mol. The van der Waals surface area contributed by atoms with Gasteiger partial charge in [-0.25, -0.2) is 0 Å². The fraction of sp³-hybridized carbons (Fsp3) is 0.583. The summed E-state index contributed by atoms with van der Waals surface area (Å²) in [6.45, 7) is 6.43. The lowest BCUT2D eigenvalue weighted by Gasteiger charge is -2.25. The number of oxime groups is 1. The van der Waals surface area contributed by atoms with Crippen molar-refractivity contribution in [3.05, 3.63) is 18.0 Å². The fourth-order valence-electron chi connectivity index (χ4n) is 1.64. The zero-order valence-electron chi connectivity index (χ0n) is 11.6. The van der Waals surface area contributed by atoms with Crippen LogP contribution in [0.3, 0.4) is 0 Å². The molecule has 0 saturated carbocycles. The van der Waals surface area contributed by atoms with Gasteiger partial charge in [0.2, 0.25) is 5.91 Å². The molecule has 0 aliphatic rings. The molecule has 0 fully saturated rings. The topological polar surface area (TPSA) is 106 Å². The van der Waals surface area contributed by atoms with Crippen molar-refractivity contribution >= 4 is 11.7 Å². The van der Waals surface area contributed by atoms with Crippen molar-refractivity contribution < 1.29 is 10.0 Å². The van der Waals surface area contributed by atoms with Crippen LogP contribution in [-0.4, -0.2) is 33.3 Å². The van der Waals surface area contributed by atoms with Crippen LogP contribution in [0.5, 0.6) is 0 Å². The Morgan fingerprint density at radius 3 is 2.84 bits per heavy atom. The van der Waals surface area contributed by atoms with Crippen LogP contribution < -0.4 is 11.1 Å². The van der Waals surface area contributed by atoms with E-state index in [9.17, 15) is 4.79 Å². The summed E-state index contributed by atoms with van der Waals surface area (Å²) in [4.78, 5) is 12.1. The summed E-state index contributed by atoms with van der Waals surface area (Å²) in [7, 11) is 0. The van der Waals surface area contributed by atoms with E-state index in [1.54, 1.807) is 17.8 Å². The average molecular weight is 267 g/mol. The van der Waals surface area contributed by atoms with Crippen molar-refractivity contribution in [2.24, 2.45) is 16.3 Å². The Morgan fingerprint density at radius 2 is 2.37 bits per heavy atom. The van der Waals surface area contributed by atoms with Gasteiger partial charge in [-0.15, -0.1) is 0 Å². The van der Waals surface area contributed by atoms with Gasteiger partial charge >= 0.3 is 0 Å². The highest BCUT2D eigenvalue weighted by Crippen LogP contribution is 2.21. The van der Waals surface area contributed by atoms with Crippen molar-refractivity contribution in [3.8, 4) is 0 Å². The largest absolute Gasteiger partial charge is 0.409 e. The smallest absolute Gasteiger partial charge is 0.233 e. The molecule has 1 unspecified atom stereocenters. The summed E-state index contributed by atoms with van der Waals surface area (Å²) in [5, 5.41) is 18.6. The van der Waals surface area contributed by atoms with Gasteiger partial charge in [0.25, 0.3) is 0 Å². The van der Waals surface area contributed by atoms with E-state index in [-0.39, 0.29) is 11.7 Å². The molecule has 7 heteroatoms. The lowest BCUT2D eigenvalue weighted by molar-refractivity contribution is -0.127. The highest BCUT2D eigenvalue weighted by atomic mass is 16.4. The number of aromatic nitrogens is 2. The average Bonchev–Trinajstić information content (AvgIpc) is 2.82. The van der Waals surface area contributed by atoms with Crippen molar-refractivity contribution in [2.45, 2.75) is 33.7 Å². The normalized spacial score (nSPS) is 15.0. The lowest BCUT2D eigenvalue weighted by atomic mass is 9.85. The summed E-state index contributed by atoms with van der Waals surface area (Å²) < 4.78 is 1.75. The van der Waals surface area contributed by atoms with Crippen LogP contribution in [0.25, 0.3) is 0 Å². The number of hydrogen-bond donors (Lipinski definition) is 3. The van der Waals surface area contributed by atoms with Crippen LogP contribution in [0.4, 0.5) is 0 Å². The first-order chi connectivity index (χ1) is 8.93. The molecule has 0 bridgehead atoms. The molecule has 7 nitrogen and oxygen atoms in total. The van der Waals surface area contributed by atoms with Crippen LogP contribution in [0.1, 0.15) is 25.8 Å². The summed E-state index contributed by atoms with van der Waals surface area (Å²) >= 11 is 0. The van der Waals surface area contributed by atoms with E-state index < -0.39 is 5.41 Å². The zero-order valence-corrected chi connectivity index (χ0v) is 11.6. The van der Waals surface area contributed by atoms with Crippen LogP contribution in [0, 0.1) is 12.3 Å². The van der Waals surface area contributed by atoms with E-state index >= 15 is 0 Å². The minimum atomic E-state index is -0.991. The van der Waals surface area contributed by atoms with Gasteiger partial charge in [-0.2, -0.15) is 5.10 Å². The van der Waals surface area contributed by atoms with Gasteiger partial charge in [-0.3, -0.25) is 9.48 Å². The number of nitrogens with one attached hydrogen (secondary N) is 1. The molecule has 1 aromatic rings. The van der Waals surface area contributed by atoms with E-state index in [4.69, 9.17) is 10.9 Å². The Kier molecular flexibility index (Phi) is 4.91. The number of carbonyl (C=O) groups is 1. The number of amides is 1. The summed E-state index contributed by atoms with van der Waals surface area (Å²) in [6.07, 6.45) is 4.11. The zero-order chi connectivity index (χ0) is 14.5. The van der Waals surface area contributed by atoms with Crippen molar-refractivity contribution in [1.82, 2.24) is 15.1 Å². The molecule has 1 rings (SSSR count). The maximum Gasteiger partial charge on any atom is 0.233 e. The highest BCUT2D eigenvalue weighted by molar-refractivity contribution is 6.06. The molecule has 1 atom stereocenters. The SMILES string of the molecule is CCC(C)(C(=O)NCCn1cc(C)cn1)/C(N)=N/O. The third-order valence-electron chi connectivity index (χ3n) is 3.27. The van der Waals surface area contributed by atoms with Gasteiger partial charge in [0, 0.05) is 12.7 Å². The molecule has 0 saturated heterocycles. The molecular formula is C12H21N5O2. The number of aryl methyl sites for hydroxylation is 1. The molecule has 1 amide bonds. The van der Waals surface area contributed by atoms with E-state index in [1.165, 1.54) is 0 Å². The first-order valence-corrected chi connectivity index (χ1v) is 6.19. The summed E-state index contributed by atoms with van der Waals surface area (Å²) in [5.74, 6) is -0.336. The first kappa shape index (κ1) is 15.0. The summed E-state index contributed by atoms with van der Waals surface area (Å²) in [5.41, 5.74) is 5.65. The number of nitrogens with zero attached hydrogens (tertiary/aromatic N) is 3. The van der Waals surface area contributed by atoms with Gasteiger partial charge in [-0.05, 0) is 25.8 Å². The molecule has 0 aliphatic heterocycles. The number of nitrogens with two attached hydrogens (primary N) is 1. The molecule has 0 spiro atoms. The quantitative estimate of drug-likeness (QED) is 0.301. The van der Waals surface area contributed by atoms with Crippen molar-refractivity contribution in [3.63, 3.8) is 0 Å². The minimum absolute atomic E-state index is 0.0811. The first-order valence-electron chi connectivity index (χ1n) is 6.19. The third kappa shape index (κ3) is 3.46. The molecule has 0 aliphatic carbocycles. The van der Waals surface area contributed by atoms with Crippen molar-refractivity contribution in [2.75, 3.05) is 6.54 Å². The second kappa shape index (κ2) is 6.21. The Bertz CT molecular complexity index is 468. The lowest BCUT2D eigenvalue weighted by Crippen LogP contribution is -2.48. The number of hydrogen-bond acceptors (Lipinski definition) is 4. The second-order valence-electron chi connectivity index (χ2n) is 4.71. The molecule has 1 aromatic heterocycles. The number of carbonyl (C=O) groups excluding carboxylic acids is 1. The number of rotatable bonds is 6. The predicted octanol–water partition coefficient (Wildman–Crippen LogP) is 0.470. The highest BCUT2D eigenvalue weighted by Gasteiger charge is 2.36. The standard InChI is InChI=1S/C12H21N5O2/c1-4-12(3,10(13)16-19)11(18)14-5-6-17-8-9(2)7-15-17/h7-8,19H,4-6H2,1-3H3,(H2,13,16)(H,14,18). The molecule has 1 heterocycles. The van der Waals surface area contributed by atoms with E-state index in [2.05, 4.69) is 15.6 Å². The Hall–Kier alpha value is -2.05. The van der Waals surface area contributed by atoms with Gasteiger partial charge in [0.15, 0.2) is 5.84 Å². The predicted molar refractivity (Wildman–Crippen MR) is 71.8 cm³/mol. The monoisotopic (exact) mass is 267 g/mol. The maximum atomic E-state index is 12.1. The van der Waals surface area contributed by atoms with E-state index in [0.717, 1.165) is 5.56 Å². The van der Waals surface area contributed by atoms with Crippen molar-refractivity contribution in [1.29, 1.82) is 0 Å². The molecule has 0 aromatic carbocycles. The van der Waals surface area contributed by atoms with Crippen LogP contribution in [-0.2, 0) is 11.3 Å². The minimum Gasteiger partial charge on any atom is -0.409 e. The van der Waals surface area contributed by atoms with Gasteiger partial charge < -0.3 is 16.3 Å². The van der Waals surface area contributed by atoms with E-state index in [0.29, 0.717) is 19.5 Å². The second-order valence-corrected chi connectivity index (χ2v) is 4.71. The Labute approximate surface area is 112 Å². The van der Waals surface area contributed by atoms with Crippen LogP contribution in [0.2, 0.25) is 0 Å². The van der Waals surface area contributed by atoms with E-state index in [1.807, 2.05) is 20.0 Å². The molecule has 19 heavy (non-hydrogen) atoms. The summed E-state index contributed by atoms with van der Waals surface area (Å²) in [6, 6.07) is 0. The van der Waals surface area contributed by atoms with Gasteiger partial charge in [-0.1, -0.05) is 12.1 Å². The maximum absolute atomic E-state index is 12.1. The van der Waals surface area contributed by atoms with Gasteiger partial charge in [0.05, 0.1) is 12.7 Å². The van der Waals surface area contributed by atoms with Crippen LogP contribution in [0.15, 0.2) is 17.5 Å².